The lowest BCUT2D eigenvalue weighted by Crippen LogP contribution is -2.07. The highest BCUT2D eigenvalue weighted by Gasteiger charge is 2.24. The second kappa shape index (κ2) is 14.6. The molecule has 0 saturated carbocycles. The summed E-state index contributed by atoms with van der Waals surface area (Å²) in [7, 11) is 0. The van der Waals surface area contributed by atoms with Gasteiger partial charge in [-0.05, 0) is 93.0 Å². The van der Waals surface area contributed by atoms with Crippen LogP contribution in [0.2, 0.25) is 0 Å². The van der Waals surface area contributed by atoms with Crippen molar-refractivity contribution in [3.63, 3.8) is 0 Å². The van der Waals surface area contributed by atoms with Gasteiger partial charge in [0.1, 0.15) is 0 Å². The third-order valence-corrected chi connectivity index (χ3v) is 14.3. The molecule has 0 bridgehead atoms. The van der Waals surface area contributed by atoms with Crippen molar-refractivity contribution in [1.29, 1.82) is 0 Å². The number of hydrogen-bond donors (Lipinski definition) is 0. The van der Waals surface area contributed by atoms with Crippen molar-refractivity contribution in [1.82, 2.24) is 28.7 Å². The summed E-state index contributed by atoms with van der Waals surface area (Å²) in [6, 6.07) is 82.7. The van der Waals surface area contributed by atoms with E-state index in [0.29, 0.717) is 17.6 Å². The largest absolute Gasteiger partial charge is 0.309 e. The molecule has 6 heteroatoms. The Morgan fingerprint density at radius 2 is 0.667 bits per heavy atom. The summed E-state index contributed by atoms with van der Waals surface area (Å²) in [6.07, 6.45) is 0. The Bertz CT molecular complexity index is 4560. The number of benzene rings is 11. The zero-order valence-electron chi connectivity index (χ0n) is 37.1. The minimum absolute atomic E-state index is 0.553. The topological polar surface area (TPSA) is 53.5 Å². The van der Waals surface area contributed by atoms with Crippen molar-refractivity contribution in [2.45, 2.75) is 0 Å². The Morgan fingerprint density at radius 3 is 1.29 bits per heavy atom. The smallest absolute Gasteiger partial charge is 0.238 e. The van der Waals surface area contributed by atoms with E-state index in [2.05, 4.69) is 226 Å². The molecule has 0 aliphatic rings. The van der Waals surface area contributed by atoms with Crippen molar-refractivity contribution in [2.24, 2.45) is 0 Å². The summed E-state index contributed by atoms with van der Waals surface area (Å²) < 4.78 is 7.08. The van der Waals surface area contributed by atoms with E-state index in [-0.39, 0.29) is 0 Å². The Kier molecular flexibility index (Phi) is 7.97. The molecule has 0 radical (unpaired) electrons. The SMILES string of the molecule is c1ccc(-c2nc(-c3ccc4c(c3)c3ccccc3n4-c3ccccc3)nc(-n3c4ccccc4c4ccc5c6ccccc6n(-c6ccc7c8ccccc8c8ccccc8c7c6)c5c43)n2)cc1. The normalized spacial score (nSPS) is 12.1. The Labute approximate surface area is 395 Å². The van der Waals surface area contributed by atoms with Crippen LogP contribution in [0.4, 0.5) is 0 Å². The van der Waals surface area contributed by atoms with Crippen molar-refractivity contribution >= 4 is 97.7 Å². The van der Waals surface area contributed by atoms with Crippen LogP contribution in [0, 0.1) is 0 Å². The minimum atomic E-state index is 0.553. The van der Waals surface area contributed by atoms with Gasteiger partial charge in [0.25, 0.3) is 0 Å². The molecule has 0 amide bonds. The summed E-state index contributed by atoms with van der Waals surface area (Å²) in [6.45, 7) is 0. The van der Waals surface area contributed by atoms with Crippen LogP contribution in [0.1, 0.15) is 0 Å². The fourth-order valence-corrected chi connectivity index (χ4v) is 11.3. The second-order valence-corrected chi connectivity index (χ2v) is 18.0. The molecule has 0 unspecified atom stereocenters. The van der Waals surface area contributed by atoms with Crippen molar-refractivity contribution in [3.05, 3.63) is 231 Å². The number of hydrogen-bond acceptors (Lipinski definition) is 3. The van der Waals surface area contributed by atoms with Gasteiger partial charge in [-0.15, -0.1) is 0 Å². The summed E-state index contributed by atoms with van der Waals surface area (Å²) in [5, 5.41) is 14.4. The van der Waals surface area contributed by atoms with Crippen molar-refractivity contribution in [3.8, 4) is 40.1 Å². The van der Waals surface area contributed by atoms with E-state index >= 15 is 0 Å². The van der Waals surface area contributed by atoms with E-state index in [4.69, 9.17) is 15.0 Å². The van der Waals surface area contributed by atoms with Gasteiger partial charge in [-0.2, -0.15) is 9.97 Å². The van der Waals surface area contributed by atoms with Gasteiger partial charge in [-0.25, -0.2) is 4.98 Å². The molecule has 6 nitrogen and oxygen atoms in total. The molecule has 0 fully saturated rings. The van der Waals surface area contributed by atoms with Crippen LogP contribution in [0.3, 0.4) is 0 Å². The lowest BCUT2D eigenvalue weighted by Gasteiger charge is -2.15. The second-order valence-electron chi connectivity index (χ2n) is 18.0. The predicted octanol–water partition coefficient (Wildman–Crippen LogP) is 16.0. The predicted molar refractivity (Wildman–Crippen MR) is 286 cm³/mol. The fraction of sp³-hybridized carbons (Fsp3) is 0. The average molecular weight is 879 g/mol. The first-order valence-electron chi connectivity index (χ1n) is 23.4. The van der Waals surface area contributed by atoms with Crippen LogP contribution >= 0.6 is 0 Å². The van der Waals surface area contributed by atoms with Gasteiger partial charge in [0.2, 0.25) is 5.95 Å². The van der Waals surface area contributed by atoms with E-state index in [1.165, 1.54) is 43.1 Å². The average Bonchev–Trinajstić information content (AvgIpc) is 4.07. The van der Waals surface area contributed by atoms with E-state index in [1.807, 2.05) is 18.2 Å². The van der Waals surface area contributed by atoms with E-state index in [9.17, 15) is 0 Å². The maximum absolute atomic E-state index is 5.52. The van der Waals surface area contributed by atoms with Gasteiger partial charge < -0.3 is 9.13 Å². The van der Waals surface area contributed by atoms with Crippen molar-refractivity contribution in [2.75, 3.05) is 0 Å². The van der Waals surface area contributed by atoms with Crippen LogP contribution in [-0.2, 0) is 0 Å². The zero-order valence-corrected chi connectivity index (χ0v) is 37.1. The quantitative estimate of drug-likeness (QED) is 0.162. The lowest BCUT2D eigenvalue weighted by molar-refractivity contribution is 0.953. The van der Waals surface area contributed by atoms with Crippen LogP contribution in [-0.4, -0.2) is 28.7 Å². The maximum atomic E-state index is 5.52. The van der Waals surface area contributed by atoms with Crippen LogP contribution in [0.5, 0.6) is 0 Å². The number of aromatic nitrogens is 6. The molecule has 15 rings (SSSR count). The summed E-state index contributed by atoms with van der Waals surface area (Å²) in [4.78, 5) is 16.2. The monoisotopic (exact) mass is 878 g/mol. The van der Waals surface area contributed by atoms with Gasteiger partial charge >= 0.3 is 0 Å². The van der Waals surface area contributed by atoms with Gasteiger partial charge in [-0.1, -0.05) is 170 Å². The number of nitrogens with zero attached hydrogens (tertiary/aromatic N) is 6. The summed E-state index contributed by atoms with van der Waals surface area (Å²) in [5.41, 5.74) is 10.6. The molecule has 4 heterocycles. The van der Waals surface area contributed by atoms with Gasteiger partial charge in [0.05, 0.1) is 33.1 Å². The molecule has 320 valence electrons. The molecule has 0 aliphatic heterocycles. The standard InChI is InChI=1S/C63H38N6/c1-3-17-39(18-4-1)61-64-62(40-31-36-58-54(37-40)50-27-13-14-28-55(50)67(58)41-19-5-2-6-20-41)66-63(65-61)69-57-30-16-12-26-49(57)52-35-34-51-48-25-11-15-29-56(48)68(59(51)60(52)69)42-32-33-47-45-23-8-7-21-43(45)44-22-9-10-24-46(44)53(47)38-42/h1-38H. The zero-order chi connectivity index (χ0) is 45.2. The molecule has 0 N–H and O–H groups in total. The first-order valence-corrected chi connectivity index (χ1v) is 23.4. The first-order chi connectivity index (χ1) is 34.2. The molecule has 11 aromatic carbocycles. The molecular weight excluding hydrogens is 841 g/mol. The Hall–Kier alpha value is -9.39. The van der Waals surface area contributed by atoms with Crippen molar-refractivity contribution < 1.29 is 0 Å². The third kappa shape index (κ3) is 5.51. The molecule has 0 aliphatic carbocycles. The van der Waals surface area contributed by atoms with Crippen LogP contribution in [0.15, 0.2) is 231 Å². The highest BCUT2D eigenvalue weighted by molar-refractivity contribution is 6.27. The highest BCUT2D eigenvalue weighted by Crippen LogP contribution is 2.44. The highest BCUT2D eigenvalue weighted by atomic mass is 15.2. The fourth-order valence-electron chi connectivity index (χ4n) is 11.3. The molecule has 0 spiro atoms. The maximum Gasteiger partial charge on any atom is 0.238 e. The van der Waals surface area contributed by atoms with Gasteiger partial charge in [-0.3, -0.25) is 4.57 Å². The van der Waals surface area contributed by atoms with E-state index in [0.717, 1.165) is 77.1 Å². The van der Waals surface area contributed by atoms with Crippen LogP contribution < -0.4 is 0 Å². The molecule has 15 aromatic rings. The van der Waals surface area contributed by atoms with Gasteiger partial charge in [0, 0.05) is 54.8 Å². The lowest BCUT2D eigenvalue weighted by atomic mass is 9.94. The molecular formula is C63H38N6. The minimum Gasteiger partial charge on any atom is -0.309 e. The summed E-state index contributed by atoms with van der Waals surface area (Å²) >= 11 is 0. The van der Waals surface area contributed by atoms with E-state index < -0.39 is 0 Å². The molecule has 69 heavy (non-hydrogen) atoms. The van der Waals surface area contributed by atoms with Gasteiger partial charge in [0.15, 0.2) is 11.6 Å². The molecule has 0 atom stereocenters. The number of para-hydroxylation sites is 4. The molecule has 0 saturated heterocycles. The third-order valence-electron chi connectivity index (χ3n) is 14.3. The van der Waals surface area contributed by atoms with Crippen LogP contribution in [0.25, 0.3) is 138 Å². The number of fused-ring (bicyclic) bond motifs is 16. The first kappa shape index (κ1) is 37.8. The van der Waals surface area contributed by atoms with E-state index in [1.54, 1.807) is 0 Å². The Morgan fingerprint density at radius 1 is 0.232 bits per heavy atom. The Balaban J connectivity index is 1.04. The summed E-state index contributed by atoms with van der Waals surface area (Å²) in [5.74, 6) is 1.76. The molecule has 4 aromatic heterocycles. The number of rotatable bonds is 5.